The summed E-state index contributed by atoms with van der Waals surface area (Å²) in [4.78, 5) is 0. The summed E-state index contributed by atoms with van der Waals surface area (Å²) in [6, 6.07) is 0. The molecule has 2 aliphatic rings. The van der Waals surface area contributed by atoms with Gasteiger partial charge in [-0.3, -0.25) is 0 Å². The van der Waals surface area contributed by atoms with Gasteiger partial charge in [0.25, 0.3) is 0 Å². The highest BCUT2D eigenvalue weighted by Gasteiger charge is 2.32. The smallest absolute Gasteiger partial charge is 0.225 e. The number of hydrogen-bond donors (Lipinski definition) is 0. The molecule has 0 saturated heterocycles. The second kappa shape index (κ2) is 2.87. The van der Waals surface area contributed by atoms with Crippen LogP contribution in [0.2, 0.25) is 0 Å². The van der Waals surface area contributed by atoms with E-state index in [1.165, 1.54) is 22.1 Å². The van der Waals surface area contributed by atoms with E-state index in [0.29, 0.717) is 0 Å². The Hall–Kier alpha value is -0.260. The molecular weight excluding hydrogens is 279 g/mol. The molecule has 0 radical (unpaired) electrons. The lowest BCUT2D eigenvalue weighted by Crippen LogP contribution is -2.14. The molecule has 1 aliphatic heterocycles. The van der Waals surface area contributed by atoms with Gasteiger partial charge < -0.3 is 4.74 Å². The van der Waals surface area contributed by atoms with Crippen LogP contribution in [0.15, 0.2) is 0 Å². The van der Waals surface area contributed by atoms with Crippen molar-refractivity contribution in [3.63, 3.8) is 0 Å². The molecule has 0 amide bonds. The molecule has 2 heterocycles. The van der Waals surface area contributed by atoms with E-state index in [-0.39, 0.29) is 0 Å². The molecule has 4 heteroatoms. The predicted octanol–water partition coefficient (Wildman–Crippen LogP) is 2.15. The van der Waals surface area contributed by atoms with Crippen molar-refractivity contribution < 1.29 is 4.74 Å². The number of halogens is 1. The Balaban J connectivity index is 2.06. The Labute approximate surface area is 90.6 Å². The second-order valence-electron chi connectivity index (χ2n) is 3.70. The third-order valence-corrected chi connectivity index (χ3v) is 3.61. The Morgan fingerprint density at radius 1 is 1.46 bits per heavy atom. The number of fused-ring (bicyclic) bond motifs is 1. The van der Waals surface area contributed by atoms with E-state index in [4.69, 9.17) is 4.74 Å². The Kier molecular flexibility index (Phi) is 1.78. The van der Waals surface area contributed by atoms with E-state index in [0.717, 1.165) is 31.4 Å². The van der Waals surface area contributed by atoms with Gasteiger partial charge in [0.1, 0.15) is 0 Å². The summed E-state index contributed by atoms with van der Waals surface area (Å²) in [5.41, 5.74) is 1.28. The zero-order chi connectivity index (χ0) is 8.84. The van der Waals surface area contributed by atoms with Crippen molar-refractivity contribution in [1.82, 2.24) is 9.78 Å². The molecule has 0 atom stereocenters. The van der Waals surface area contributed by atoms with Gasteiger partial charge in [0.05, 0.1) is 15.9 Å². The van der Waals surface area contributed by atoms with Gasteiger partial charge in [-0.25, -0.2) is 4.68 Å². The molecule has 3 nitrogen and oxygen atoms in total. The van der Waals surface area contributed by atoms with Gasteiger partial charge in [-0.15, -0.1) is 0 Å². The highest BCUT2D eigenvalue weighted by molar-refractivity contribution is 14.1. The summed E-state index contributed by atoms with van der Waals surface area (Å²) in [6.45, 7) is 1.88. The first-order chi connectivity index (χ1) is 6.36. The average Bonchev–Trinajstić information content (AvgIpc) is 2.94. The first-order valence-electron chi connectivity index (χ1n) is 4.75. The lowest BCUT2D eigenvalue weighted by atomic mass is 10.3. The Morgan fingerprint density at radius 2 is 2.31 bits per heavy atom. The fourth-order valence-corrected chi connectivity index (χ4v) is 2.71. The predicted molar refractivity (Wildman–Crippen MR) is 57.0 cm³/mol. The molecule has 1 saturated carbocycles. The van der Waals surface area contributed by atoms with E-state index in [1.807, 2.05) is 4.68 Å². The van der Waals surface area contributed by atoms with Crippen LogP contribution in [-0.2, 0) is 6.54 Å². The molecule has 0 aromatic carbocycles. The summed E-state index contributed by atoms with van der Waals surface area (Å²) in [6.07, 6.45) is 3.72. The molecule has 70 valence electrons. The third kappa shape index (κ3) is 1.26. The maximum absolute atomic E-state index is 5.61. The zero-order valence-electron chi connectivity index (χ0n) is 7.29. The van der Waals surface area contributed by atoms with E-state index in [1.54, 1.807) is 0 Å². The summed E-state index contributed by atoms with van der Waals surface area (Å²) in [5.74, 6) is 1.74. The van der Waals surface area contributed by atoms with E-state index < -0.39 is 0 Å². The number of aryl methyl sites for hydroxylation is 1. The van der Waals surface area contributed by atoms with Crippen molar-refractivity contribution in [3.8, 4) is 5.88 Å². The highest BCUT2D eigenvalue weighted by atomic mass is 127. The first kappa shape index (κ1) is 8.08. The second-order valence-corrected chi connectivity index (χ2v) is 4.78. The topological polar surface area (TPSA) is 27.1 Å². The van der Waals surface area contributed by atoms with Crippen molar-refractivity contribution in [2.75, 3.05) is 6.61 Å². The standard InChI is InChI=1S/C9H11IN2O/c10-7-8(6-2-3-6)11-12-4-1-5-13-9(7)12/h6H,1-5H2. The van der Waals surface area contributed by atoms with Gasteiger partial charge in [0, 0.05) is 18.9 Å². The van der Waals surface area contributed by atoms with Crippen molar-refractivity contribution >= 4 is 22.6 Å². The van der Waals surface area contributed by atoms with Gasteiger partial charge in [0.2, 0.25) is 5.88 Å². The van der Waals surface area contributed by atoms with Crippen molar-refractivity contribution in [2.45, 2.75) is 31.7 Å². The molecule has 1 aromatic rings. The number of hydrogen-bond acceptors (Lipinski definition) is 2. The van der Waals surface area contributed by atoms with Crippen LogP contribution >= 0.6 is 22.6 Å². The SMILES string of the molecule is Ic1c(C2CC2)nn2c1OCCC2. The van der Waals surface area contributed by atoms with Crippen LogP contribution in [0.4, 0.5) is 0 Å². The number of nitrogens with zero attached hydrogens (tertiary/aromatic N) is 2. The molecule has 0 unspecified atom stereocenters. The minimum atomic E-state index is 0.730. The highest BCUT2D eigenvalue weighted by Crippen LogP contribution is 2.44. The summed E-state index contributed by atoms with van der Waals surface area (Å²) in [5, 5.41) is 4.60. The summed E-state index contributed by atoms with van der Waals surface area (Å²) < 4.78 is 8.88. The van der Waals surface area contributed by atoms with Gasteiger partial charge in [0.15, 0.2) is 0 Å². The molecule has 1 aromatic heterocycles. The fourth-order valence-electron chi connectivity index (χ4n) is 1.73. The maximum Gasteiger partial charge on any atom is 0.225 e. The van der Waals surface area contributed by atoms with Crippen LogP contribution < -0.4 is 4.74 Å². The molecule has 0 bridgehead atoms. The summed E-state index contributed by atoms with van der Waals surface area (Å²) >= 11 is 2.37. The van der Waals surface area contributed by atoms with Crippen molar-refractivity contribution in [3.05, 3.63) is 9.26 Å². The number of aromatic nitrogens is 2. The number of rotatable bonds is 1. The Morgan fingerprint density at radius 3 is 3.00 bits per heavy atom. The van der Waals surface area contributed by atoms with Crippen LogP contribution in [0, 0.1) is 3.57 Å². The summed E-state index contributed by atoms with van der Waals surface area (Å²) in [7, 11) is 0. The van der Waals surface area contributed by atoms with Crippen LogP contribution in [0.25, 0.3) is 0 Å². The molecule has 3 rings (SSSR count). The molecule has 1 aliphatic carbocycles. The minimum absolute atomic E-state index is 0.730. The fraction of sp³-hybridized carbons (Fsp3) is 0.667. The monoisotopic (exact) mass is 290 g/mol. The van der Waals surface area contributed by atoms with Crippen molar-refractivity contribution in [1.29, 1.82) is 0 Å². The maximum atomic E-state index is 5.61. The van der Waals surface area contributed by atoms with Crippen LogP contribution in [0.5, 0.6) is 5.88 Å². The van der Waals surface area contributed by atoms with E-state index >= 15 is 0 Å². The van der Waals surface area contributed by atoms with Gasteiger partial charge in [-0.2, -0.15) is 5.10 Å². The molecule has 0 N–H and O–H groups in total. The van der Waals surface area contributed by atoms with Crippen LogP contribution in [0.1, 0.15) is 30.9 Å². The van der Waals surface area contributed by atoms with E-state index in [9.17, 15) is 0 Å². The lowest BCUT2D eigenvalue weighted by Gasteiger charge is -2.14. The largest absolute Gasteiger partial charge is 0.477 e. The first-order valence-corrected chi connectivity index (χ1v) is 5.83. The minimum Gasteiger partial charge on any atom is -0.477 e. The average molecular weight is 290 g/mol. The Bertz CT molecular complexity index is 344. The molecule has 1 fully saturated rings. The number of ether oxygens (including phenoxy) is 1. The van der Waals surface area contributed by atoms with Crippen LogP contribution in [-0.4, -0.2) is 16.4 Å². The lowest BCUT2D eigenvalue weighted by molar-refractivity contribution is 0.229. The van der Waals surface area contributed by atoms with E-state index in [2.05, 4.69) is 27.7 Å². The molecule has 0 spiro atoms. The third-order valence-electron chi connectivity index (χ3n) is 2.59. The normalized spacial score (nSPS) is 21.0. The van der Waals surface area contributed by atoms with Crippen molar-refractivity contribution in [2.24, 2.45) is 0 Å². The van der Waals surface area contributed by atoms with Gasteiger partial charge in [-0.1, -0.05) is 0 Å². The molecule has 13 heavy (non-hydrogen) atoms. The quantitative estimate of drug-likeness (QED) is 0.741. The van der Waals surface area contributed by atoms with Gasteiger partial charge in [-0.05, 0) is 35.4 Å². The zero-order valence-corrected chi connectivity index (χ0v) is 9.45. The van der Waals surface area contributed by atoms with Gasteiger partial charge >= 0.3 is 0 Å². The molecular formula is C9H11IN2O. The van der Waals surface area contributed by atoms with Crippen LogP contribution in [0.3, 0.4) is 0 Å².